The molecule has 37 heavy (non-hydrogen) atoms. The fourth-order valence-electron chi connectivity index (χ4n) is 4.56. The first-order chi connectivity index (χ1) is 17.9. The van der Waals surface area contributed by atoms with Crippen LogP contribution in [0.4, 0.5) is 5.69 Å². The van der Waals surface area contributed by atoms with Crippen LogP contribution in [0, 0.1) is 13.8 Å². The molecule has 0 aliphatic heterocycles. The number of hydrogen-bond donors (Lipinski definition) is 1. The molecule has 5 aromatic rings. The molecule has 0 unspecified atom stereocenters. The summed E-state index contributed by atoms with van der Waals surface area (Å²) in [6, 6.07) is 29.8. The van der Waals surface area contributed by atoms with E-state index in [-0.39, 0.29) is 5.91 Å². The van der Waals surface area contributed by atoms with Crippen molar-refractivity contribution in [3.05, 3.63) is 114 Å². The molecule has 184 valence electrons. The maximum absolute atomic E-state index is 13.2. The summed E-state index contributed by atoms with van der Waals surface area (Å²) in [5.74, 6) is -0.278. The second-order valence-electron chi connectivity index (χ2n) is 9.21. The van der Waals surface area contributed by atoms with Crippen LogP contribution in [0.2, 0.25) is 0 Å². The molecule has 3 aromatic carbocycles. The van der Waals surface area contributed by atoms with E-state index in [2.05, 4.69) is 64.2 Å². The minimum atomic E-state index is -0.278. The average molecular weight is 488 g/mol. The molecular weight excluding hydrogens is 458 g/mol. The molecule has 0 atom stereocenters. The summed E-state index contributed by atoms with van der Waals surface area (Å²) in [4.78, 5) is 20.1. The summed E-state index contributed by atoms with van der Waals surface area (Å²) in [5.41, 5.74) is 11.0. The van der Waals surface area contributed by atoms with Gasteiger partial charge in [-0.2, -0.15) is 5.10 Å². The fraction of sp³-hybridized carbons (Fsp3) is 0.129. The van der Waals surface area contributed by atoms with Gasteiger partial charge in [0.1, 0.15) is 0 Å². The van der Waals surface area contributed by atoms with Gasteiger partial charge in [-0.3, -0.25) is 4.79 Å². The molecule has 6 nitrogen and oxygen atoms in total. The number of aromatic nitrogens is 2. The van der Waals surface area contributed by atoms with E-state index in [1.165, 1.54) is 0 Å². The average Bonchev–Trinajstić information content (AvgIpc) is 3.20. The largest absolute Gasteiger partial charge is 0.378 e. The number of pyridine rings is 1. The normalized spacial score (nSPS) is 11.2. The van der Waals surface area contributed by atoms with Crippen LogP contribution in [0.25, 0.3) is 27.8 Å². The lowest BCUT2D eigenvalue weighted by atomic mass is 10.0. The van der Waals surface area contributed by atoms with E-state index in [1.807, 2.05) is 74.8 Å². The zero-order valence-corrected chi connectivity index (χ0v) is 21.4. The van der Waals surface area contributed by atoms with Crippen LogP contribution >= 0.6 is 0 Å². The number of benzene rings is 3. The van der Waals surface area contributed by atoms with Gasteiger partial charge in [0.15, 0.2) is 0 Å². The molecule has 5 rings (SSSR count). The van der Waals surface area contributed by atoms with Crippen LogP contribution in [0.3, 0.4) is 0 Å². The molecule has 0 bridgehead atoms. The van der Waals surface area contributed by atoms with Gasteiger partial charge in [-0.05, 0) is 56.3 Å². The number of amides is 1. The Balaban J connectivity index is 1.41. The van der Waals surface area contributed by atoms with Crippen LogP contribution < -0.4 is 10.3 Å². The lowest BCUT2D eigenvalue weighted by Gasteiger charge is -2.14. The van der Waals surface area contributed by atoms with Crippen molar-refractivity contribution in [2.75, 3.05) is 19.0 Å². The van der Waals surface area contributed by atoms with Crippen LogP contribution in [0.5, 0.6) is 0 Å². The highest BCUT2D eigenvalue weighted by Gasteiger charge is 2.14. The standard InChI is InChI=1S/C31H29N5O/c1-21-18-24(22(2)36(21)26-16-14-25(15-17-26)35(3)4)20-32-34-31(37)28-19-30(23-10-6-5-7-11-23)33-29-13-9-8-12-27(28)29/h5-20H,1-4H3,(H,34,37)/b32-20+. The third kappa shape index (κ3) is 4.86. The van der Waals surface area contributed by atoms with E-state index in [0.717, 1.165) is 50.5 Å². The highest BCUT2D eigenvalue weighted by molar-refractivity contribution is 6.07. The predicted molar refractivity (Wildman–Crippen MR) is 152 cm³/mol. The molecule has 0 saturated carbocycles. The van der Waals surface area contributed by atoms with Gasteiger partial charge in [0.05, 0.1) is 23.0 Å². The van der Waals surface area contributed by atoms with Gasteiger partial charge >= 0.3 is 0 Å². The van der Waals surface area contributed by atoms with E-state index < -0.39 is 0 Å². The van der Waals surface area contributed by atoms with Crippen molar-refractivity contribution in [2.24, 2.45) is 5.10 Å². The second kappa shape index (κ2) is 10.1. The monoisotopic (exact) mass is 487 g/mol. The topological polar surface area (TPSA) is 62.5 Å². The second-order valence-corrected chi connectivity index (χ2v) is 9.21. The smallest absolute Gasteiger partial charge is 0.272 e. The number of para-hydroxylation sites is 1. The number of nitrogens with one attached hydrogen (secondary N) is 1. The Bertz CT molecular complexity index is 1600. The quantitative estimate of drug-likeness (QED) is 0.231. The van der Waals surface area contributed by atoms with Gasteiger partial charge < -0.3 is 9.47 Å². The number of carbonyl (C=O) groups is 1. The summed E-state index contributed by atoms with van der Waals surface area (Å²) in [6.45, 7) is 4.12. The maximum Gasteiger partial charge on any atom is 0.272 e. The predicted octanol–water partition coefficient (Wildman–Crippen LogP) is 6.14. The highest BCUT2D eigenvalue weighted by atomic mass is 16.2. The van der Waals surface area contributed by atoms with E-state index in [1.54, 1.807) is 6.21 Å². The Labute approximate surface area is 216 Å². The minimum absolute atomic E-state index is 0.278. The molecule has 0 aliphatic rings. The van der Waals surface area contributed by atoms with Gasteiger partial charge in [-0.25, -0.2) is 10.4 Å². The highest BCUT2D eigenvalue weighted by Crippen LogP contribution is 2.25. The number of nitrogens with zero attached hydrogens (tertiary/aromatic N) is 4. The van der Waals surface area contributed by atoms with Crippen LogP contribution in [0.15, 0.2) is 96.1 Å². The SMILES string of the molecule is Cc1cc(/C=N/NC(=O)c2cc(-c3ccccc3)nc3ccccc23)c(C)n1-c1ccc(N(C)C)cc1. The zero-order chi connectivity index (χ0) is 25.9. The maximum atomic E-state index is 13.2. The van der Waals surface area contributed by atoms with Crippen LogP contribution in [0.1, 0.15) is 27.3 Å². The van der Waals surface area contributed by atoms with Crippen molar-refractivity contribution in [1.82, 2.24) is 15.0 Å². The summed E-state index contributed by atoms with van der Waals surface area (Å²) in [5, 5.41) is 5.09. The number of hydrazone groups is 1. The molecule has 0 fully saturated rings. The molecule has 0 radical (unpaired) electrons. The Morgan fingerprint density at radius 2 is 1.62 bits per heavy atom. The van der Waals surface area contributed by atoms with Crippen molar-refractivity contribution >= 4 is 28.7 Å². The molecule has 1 amide bonds. The third-order valence-corrected chi connectivity index (χ3v) is 6.49. The summed E-state index contributed by atoms with van der Waals surface area (Å²) < 4.78 is 2.19. The van der Waals surface area contributed by atoms with E-state index in [4.69, 9.17) is 4.98 Å². The van der Waals surface area contributed by atoms with Gasteiger partial charge in [0.2, 0.25) is 0 Å². The first kappa shape index (κ1) is 24.0. The number of carbonyl (C=O) groups excluding carboxylic acids is 1. The van der Waals surface area contributed by atoms with Gasteiger partial charge in [-0.1, -0.05) is 48.5 Å². The number of hydrogen-bond acceptors (Lipinski definition) is 4. The first-order valence-electron chi connectivity index (χ1n) is 12.2. The fourth-order valence-corrected chi connectivity index (χ4v) is 4.56. The molecule has 6 heteroatoms. The molecule has 0 spiro atoms. The van der Waals surface area contributed by atoms with E-state index in [0.29, 0.717) is 5.56 Å². The van der Waals surface area contributed by atoms with Gasteiger partial charge in [-0.15, -0.1) is 0 Å². The van der Waals surface area contributed by atoms with Crippen molar-refractivity contribution in [1.29, 1.82) is 0 Å². The summed E-state index contributed by atoms with van der Waals surface area (Å²) >= 11 is 0. The van der Waals surface area contributed by atoms with Crippen molar-refractivity contribution in [3.63, 3.8) is 0 Å². The van der Waals surface area contributed by atoms with E-state index in [9.17, 15) is 4.79 Å². The lowest BCUT2D eigenvalue weighted by Crippen LogP contribution is -2.18. The molecule has 2 aromatic heterocycles. The lowest BCUT2D eigenvalue weighted by molar-refractivity contribution is 0.0956. The molecule has 0 aliphatic carbocycles. The van der Waals surface area contributed by atoms with Crippen LogP contribution in [-0.2, 0) is 0 Å². The third-order valence-electron chi connectivity index (χ3n) is 6.49. The zero-order valence-electron chi connectivity index (χ0n) is 21.4. The number of aryl methyl sites for hydroxylation is 1. The van der Waals surface area contributed by atoms with Crippen molar-refractivity contribution in [2.45, 2.75) is 13.8 Å². The summed E-state index contributed by atoms with van der Waals surface area (Å²) in [7, 11) is 4.06. The first-order valence-corrected chi connectivity index (χ1v) is 12.2. The molecular formula is C31H29N5O. The molecule has 1 N–H and O–H groups in total. The van der Waals surface area contributed by atoms with E-state index >= 15 is 0 Å². The molecule has 0 saturated heterocycles. The van der Waals surface area contributed by atoms with Gasteiger partial charge in [0.25, 0.3) is 5.91 Å². The van der Waals surface area contributed by atoms with Crippen LogP contribution in [-0.4, -0.2) is 35.8 Å². The number of fused-ring (bicyclic) bond motifs is 1. The number of rotatable bonds is 6. The summed E-state index contributed by atoms with van der Waals surface area (Å²) in [6.07, 6.45) is 1.70. The van der Waals surface area contributed by atoms with Crippen molar-refractivity contribution in [3.8, 4) is 16.9 Å². The van der Waals surface area contributed by atoms with Gasteiger partial charge in [0, 0.05) is 53.4 Å². The Kier molecular flexibility index (Phi) is 6.56. The Morgan fingerprint density at radius 3 is 2.35 bits per heavy atom. The number of anilines is 1. The minimum Gasteiger partial charge on any atom is -0.378 e. The van der Waals surface area contributed by atoms with Crippen molar-refractivity contribution < 1.29 is 4.79 Å². The Morgan fingerprint density at radius 1 is 0.919 bits per heavy atom. The molecule has 2 heterocycles. The Hall–Kier alpha value is -4.71.